The van der Waals surface area contributed by atoms with E-state index in [0.29, 0.717) is 29.4 Å². The van der Waals surface area contributed by atoms with Gasteiger partial charge in [-0.2, -0.15) is 0 Å². The van der Waals surface area contributed by atoms with Crippen molar-refractivity contribution in [1.82, 2.24) is 24.8 Å². The van der Waals surface area contributed by atoms with Crippen LogP contribution in [0.2, 0.25) is 0 Å². The zero-order valence-corrected chi connectivity index (χ0v) is 19.0. The number of nitrogens with zero attached hydrogens (tertiary/aromatic N) is 3. The van der Waals surface area contributed by atoms with E-state index in [1.165, 1.54) is 0 Å². The molecule has 0 spiro atoms. The summed E-state index contributed by atoms with van der Waals surface area (Å²) in [4.78, 5) is 25.3. The van der Waals surface area contributed by atoms with Crippen molar-refractivity contribution in [3.8, 4) is 22.8 Å². The van der Waals surface area contributed by atoms with Crippen molar-refractivity contribution in [2.45, 2.75) is 13.0 Å². The molecule has 0 saturated carbocycles. The molecule has 3 aromatic heterocycles. The number of carbonyl (C=O) groups is 1. The topological polar surface area (TPSA) is 94.1 Å². The first-order valence-electron chi connectivity index (χ1n) is 11.1. The summed E-state index contributed by atoms with van der Waals surface area (Å²) >= 11 is 0. The van der Waals surface area contributed by atoms with Gasteiger partial charge >= 0.3 is 0 Å². The standard InChI is InChI=1S/C26H25N5O3/c1-33-22-9-8-17(14-23(22)34-2)24-25-19(18-6-3-4-7-20(18)29-25)15-21(30-24)26(32)28-10-5-12-31-13-11-27-16-31/h3-4,6-9,11,13-16,29H,5,10,12H2,1-2H3,(H,28,32). The Bertz CT molecular complexity index is 1460. The SMILES string of the molecule is COc1ccc(-c2nc(C(=O)NCCCn3ccnc3)cc3c2[nH]c2ccccc23)cc1OC. The van der Waals surface area contributed by atoms with Gasteiger partial charge in [0.05, 0.1) is 31.8 Å². The number of aromatic nitrogens is 4. The van der Waals surface area contributed by atoms with Gasteiger partial charge < -0.3 is 24.3 Å². The van der Waals surface area contributed by atoms with Crippen LogP contribution in [0, 0.1) is 0 Å². The summed E-state index contributed by atoms with van der Waals surface area (Å²) in [6.07, 6.45) is 6.21. The highest BCUT2D eigenvalue weighted by Crippen LogP contribution is 2.36. The molecule has 5 aromatic rings. The number of carbonyl (C=O) groups excluding carboxylic acids is 1. The van der Waals surface area contributed by atoms with E-state index >= 15 is 0 Å². The van der Waals surface area contributed by atoms with Crippen LogP contribution in [0.1, 0.15) is 16.9 Å². The van der Waals surface area contributed by atoms with Crippen molar-refractivity contribution in [3.05, 3.63) is 72.9 Å². The molecular formula is C26H25N5O3. The number of amides is 1. The highest BCUT2D eigenvalue weighted by molar-refractivity contribution is 6.13. The summed E-state index contributed by atoms with van der Waals surface area (Å²) in [6, 6.07) is 15.5. The van der Waals surface area contributed by atoms with E-state index in [1.54, 1.807) is 26.7 Å². The maximum Gasteiger partial charge on any atom is 0.269 e. The van der Waals surface area contributed by atoms with Crippen molar-refractivity contribution in [1.29, 1.82) is 0 Å². The third-order valence-electron chi connectivity index (χ3n) is 5.82. The Hall–Kier alpha value is -4.33. The maximum atomic E-state index is 13.1. The smallest absolute Gasteiger partial charge is 0.269 e. The van der Waals surface area contributed by atoms with E-state index in [9.17, 15) is 4.79 Å². The Morgan fingerprint density at radius 3 is 2.71 bits per heavy atom. The van der Waals surface area contributed by atoms with Crippen LogP contribution in [0.15, 0.2) is 67.3 Å². The number of imidazole rings is 1. The molecule has 5 rings (SSSR count). The molecule has 3 heterocycles. The highest BCUT2D eigenvalue weighted by atomic mass is 16.5. The number of fused-ring (bicyclic) bond motifs is 3. The van der Waals surface area contributed by atoms with Gasteiger partial charge in [-0.05, 0) is 36.8 Å². The van der Waals surface area contributed by atoms with Crippen LogP contribution in [0.4, 0.5) is 0 Å². The van der Waals surface area contributed by atoms with Crippen LogP contribution in [0.25, 0.3) is 33.1 Å². The minimum atomic E-state index is -0.209. The van der Waals surface area contributed by atoms with Crippen LogP contribution in [0.3, 0.4) is 0 Å². The van der Waals surface area contributed by atoms with Crippen molar-refractivity contribution >= 4 is 27.7 Å². The average Bonchev–Trinajstić information content (AvgIpc) is 3.53. The molecule has 0 aliphatic heterocycles. The second-order valence-corrected chi connectivity index (χ2v) is 7.93. The van der Waals surface area contributed by atoms with Gasteiger partial charge in [0.1, 0.15) is 5.69 Å². The van der Waals surface area contributed by atoms with Crippen molar-refractivity contribution in [3.63, 3.8) is 0 Å². The van der Waals surface area contributed by atoms with E-state index < -0.39 is 0 Å². The summed E-state index contributed by atoms with van der Waals surface area (Å²) < 4.78 is 12.9. The lowest BCUT2D eigenvalue weighted by molar-refractivity contribution is 0.0948. The summed E-state index contributed by atoms with van der Waals surface area (Å²) in [5, 5.41) is 4.98. The van der Waals surface area contributed by atoms with Crippen LogP contribution >= 0.6 is 0 Å². The largest absolute Gasteiger partial charge is 0.493 e. The number of aryl methyl sites for hydroxylation is 1. The Labute approximate surface area is 196 Å². The lowest BCUT2D eigenvalue weighted by atomic mass is 10.1. The lowest BCUT2D eigenvalue weighted by Crippen LogP contribution is -2.26. The molecule has 0 aliphatic carbocycles. The van der Waals surface area contributed by atoms with Crippen LogP contribution in [-0.2, 0) is 6.54 Å². The number of nitrogens with one attached hydrogen (secondary N) is 2. The van der Waals surface area contributed by atoms with Gasteiger partial charge in [-0.1, -0.05) is 18.2 Å². The molecule has 34 heavy (non-hydrogen) atoms. The van der Waals surface area contributed by atoms with Crippen molar-refractivity contribution in [2.75, 3.05) is 20.8 Å². The first kappa shape index (κ1) is 21.5. The average molecular weight is 456 g/mol. The van der Waals surface area contributed by atoms with Crippen LogP contribution < -0.4 is 14.8 Å². The zero-order valence-electron chi connectivity index (χ0n) is 19.0. The second kappa shape index (κ2) is 9.27. The molecular weight excluding hydrogens is 430 g/mol. The van der Waals surface area contributed by atoms with Crippen LogP contribution in [0.5, 0.6) is 11.5 Å². The summed E-state index contributed by atoms with van der Waals surface area (Å²) in [7, 11) is 3.20. The molecule has 0 atom stereocenters. The summed E-state index contributed by atoms with van der Waals surface area (Å²) in [5.74, 6) is 1.02. The molecule has 0 aliphatic rings. The fraction of sp³-hybridized carbons (Fsp3) is 0.192. The molecule has 1 amide bonds. The Balaban J connectivity index is 1.52. The molecule has 2 aromatic carbocycles. The number of ether oxygens (including phenoxy) is 2. The predicted molar refractivity (Wildman–Crippen MR) is 131 cm³/mol. The minimum absolute atomic E-state index is 0.209. The quantitative estimate of drug-likeness (QED) is 0.338. The van der Waals surface area contributed by atoms with Gasteiger partial charge in [-0.25, -0.2) is 9.97 Å². The van der Waals surface area contributed by atoms with Crippen molar-refractivity contribution < 1.29 is 14.3 Å². The van der Waals surface area contributed by atoms with Gasteiger partial charge in [0, 0.05) is 47.3 Å². The first-order valence-corrected chi connectivity index (χ1v) is 11.1. The van der Waals surface area contributed by atoms with Gasteiger partial charge in [0.25, 0.3) is 5.91 Å². The van der Waals surface area contributed by atoms with E-state index in [-0.39, 0.29) is 5.91 Å². The number of pyridine rings is 1. The monoisotopic (exact) mass is 455 g/mol. The highest BCUT2D eigenvalue weighted by Gasteiger charge is 2.18. The number of hydrogen-bond donors (Lipinski definition) is 2. The lowest BCUT2D eigenvalue weighted by Gasteiger charge is -2.11. The molecule has 0 fully saturated rings. The molecule has 2 N–H and O–H groups in total. The summed E-state index contributed by atoms with van der Waals surface area (Å²) in [6.45, 7) is 1.32. The van der Waals surface area contributed by atoms with Crippen molar-refractivity contribution in [2.24, 2.45) is 0 Å². The zero-order chi connectivity index (χ0) is 23.5. The third kappa shape index (κ3) is 4.05. The minimum Gasteiger partial charge on any atom is -0.493 e. The molecule has 8 nitrogen and oxygen atoms in total. The number of hydrogen-bond acceptors (Lipinski definition) is 5. The number of para-hydroxylation sites is 1. The van der Waals surface area contributed by atoms with E-state index in [2.05, 4.69) is 15.3 Å². The molecule has 172 valence electrons. The molecule has 8 heteroatoms. The number of methoxy groups -OCH3 is 2. The Morgan fingerprint density at radius 1 is 1.06 bits per heavy atom. The fourth-order valence-corrected chi connectivity index (χ4v) is 4.13. The molecule has 0 bridgehead atoms. The van der Waals surface area contributed by atoms with Gasteiger partial charge in [-0.15, -0.1) is 0 Å². The fourth-order valence-electron chi connectivity index (χ4n) is 4.13. The predicted octanol–water partition coefficient (Wildman–Crippen LogP) is 4.42. The molecule has 0 saturated heterocycles. The maximum absolute atomic E-state index is 13.1. The second-order valence-electron chi connectivity index (χ2n) is 7.93. The van der Waals surface area contributed by atoms with Gasteiger partial charge in [-0.3, -0.25) is 4.79 Å². The normalized spacial score (nSPS) is 11.1. The van der Waals surface area contributed by atoms with Gasteiger partial charge in [0.15, 0.2) is 11.5 Å². The number of aromatic amines is 1. The Kier molecular flexibility index (Phi) is 5.86. The molecule has 0 radical (unpaired) electrons. The van der Waals surface area contributed by atoms with E-state index in [1.807, 2.05) is 59.3 Å². The number of benzene rings is 2. The number of H-pyrrole nitrogens is 1. The van der Waals surface area contributed by atoms with Gasteiger partial charge in [0.2, 0.25) is 0 Å². The Morgan fingerprint density at radius 2 is 1.91 bits per heavy atom. The first-order chi connectivity index (χ1) is 16.7. The molecule has 0 unspecified atom stereocenters. The van der Waals surface area contributed by atoms with E-state index in [0.717, 1.165) is 40.3 Å². The third-order valence-corrected chi connectivity index (χ3v) is 5.82. The van der Waals surface area contributed by atoms with E-state index in [4.69, 9.17) is 14.5 Å². The summed E-state index contributed by atoms with van der Waals surface area (Å²) in [5.41, 5.74) is 3.72. The van der Waals surface area contributed by atoms with Crippen LogP contribution in [-0.4, -0.2) is 46.2 Å². The number of rotatable bonds is 8.